The Morgan fingerprint density at radius 2 is 0.947 bits per heavy atom. The van der Waals surface area contributed by atoms with Crippen LogP contribution in [0.25, 0.3) is 9.75 Å². The van der Waals surface area contributed by atoms with E-state index in [1.54, 1.807) is 0 Å². The Labute approximate surface area is 236 Å². The average molecular weight is 552 g/mol. The van der Waals surface area contributed by atoms with Crippen molar-refractivity contribution in [3.05, 3.63) is 22.3 Å². The maximum Gasteiger partial charge on any atom is 0.263 e. The van der Waals surface area contributed by atoms with Gasteiger partial charge in [0.1, 0.15) is 0 Å². The third kappa shape index (κ3) is 4.94. The second kappa shape index (κ2) is 11.9. The quantitative estimate of drug-likeness (QED) is 0.281. The standard InChI is InChI=1S/C28H38B2N2O4S2/c1-5-9-11-15(7-3)13-31-25(33)17-19(27(31)35)23(29)37-21(17)22-18-20(24(30)38-22)28(36)32(26(18)34)14-16(8-4)12-10-6-2/h15-16H,5-14,29-30H2,1-4H3. The predicted octanol–water partition coefficient (Wildman–Crippen LogP) is 3.62. The molecule has 2 aromatic rings. The Hall–Kier alpha value is -2.19. The Kier molecular flexibility index (Phi) is 9.03. The van der Waals surface area contributed by atoms with E-state index in [2.05, 4.69) is 27.7 Å². The number of imide groups is 2. The summed E-state index contributed by atoms with van der Waals surface area (Å²) in [5.74, 6) is -0.429. The molecule has 0 saturated heterocycles. The van der Waals surface area contributed by atoms with Gasteiger partial charge in [0.2, 0.25) is 0 Å². The molecule has 0 bridgehead atoms. The van der Waals surface area contributed by atoms with Crippen molar-refractivity contribution in [1.29, 1.82) is 0 Å². The summed E-state index contributed by atoms with van der Waals surface area (Å²) in [6.07, 6.45) is 8.12. The zero-order valence-corrected chi connectivity index (χ0v) is 25.2. The molecule has 2 aliphatic rings. The molecule has 4 heterocycles. The van der Waals surface area contributed by atoms with Gasteiger partial charge in [-0.25, -0.2) is 0 Å². The smallest absolute Gasteiger partial charge is 0.263 e. The van der Waals surface area contributed by atoms with Crippen molar-refractivity contribution in [3.8, 4) is 9.75 Å². The molecule has 2 atom stereocenters. The van der Waals surface area contributed by atoms with Crippen LogP contribution in [0.3, 0.4) is 0 Å². The minimum atomic E-state index is -0.265. The van der Waals surface area contributed by atoms with Gasteiger partial charge in [-0.05, 0) is 34.2 Å². The molecule has 4 rings (SSSR count). The summed E-state index contributed by atoms with van der Waals surface area (Å²) >= 11 is 2.78. The van der Waals surface area contributed by atoms with Gasteiger partial charge in [-0.2, -0.15) is 0 Å². The first-order chi connectivity index (χ1) is 18.2. The summed E-state index contributed by atoms with van der Waals surface area (Å²) in [5.41, 5.74) is 1.78. The molecule has 10 heteroatoms. The summed E-state index contributed by atoms with van der Waals surface area (Å²) in [4.78, 5) is 58.4. The van der Waals surface area contributed by atoms with Gasteiger partial charge in [0.15, 0.2) is 15.7 Å². The largest absolute Gasteiger partial charge is 0.274 e. The fraction of sp³-hybridized carbons (Fsp3) is 0.571. The van der Waals surface area contributed by atoms with E-state index in [4.69, 9.17) is 0 Å². The van der Waals surface area contributed by atoms with Crippen LogP contribution in [0, 0.1) is 11.8 Å². The second-order valence-electron chi connectivity index (χ2n) is 10.7. The summed E-state index contributed by atoms with van der Waals surface area (Å²) in [5, 5.41) is 0. The maximum atomic E-state index is 13.7. The first-order valence-electron chi connectivity index (χ1n) is 14.2. The lowest BCUT2D eigenvalue weighted by Gasteiger charge is -2.22. The van der Waals surface area contributed by atoms with Gasteiger partial charge in [0.25, 0.3) is 23.6 Å². The summed E-state index contributed by atoms with van der Waals surface area (Å²) < 4.78 is 1.58. The van der Waals surface area contributed by atoms with Crippen LogP contribution in [-0.4, -0.2) is 62.2 Å². The molecular weight excluding hydrogens is 514 g/mol. The first kappa shape index (κ1) is 28.8. The van der Waals surface area contributed by atoms with Crippen LogP contribution in [0.15, 0.2) is 0 Å². The van der Waals surface area contributed by atoms with E-state index in [1.165, 1.54) is 32.5 Å². The van der Waals surface area contributed by atoms with Crippen molar-refractivity contribution >= 4 is 71.5 Å². The number of carbonyl (C=O) groups excluding carboxylic acids is 4. The van der Waals surface area contributed by atoms with Crippen LogP contribution in [-0.2, 0) is 0 Å². The molecule has 0 N–H and O–H groups in total. The van der Waals surface area contributed by atoms with Gasteiger partial charge < -0.3 is 0 Å². The highest BCUT2D eigenvalue weighted by molar-refractivity contribution is 7.30. The predicted molar refractivity (Wildman–Crippen MR) is 161 cm³/mol. The topological polar surface area (TPSA) is 74.8 Å². The molecule has 0 aromatic carbocycles. The molecule has 38 heavy (non-hydrogen) atoms. The molecular formula is C28H38B2N2O4S2. The number of hydrogen-bond donors (Lipinski definition) is 0. The highest BCUT2D eigenvalue weighted by Crippen LogP contribution is 2.44. The molecule has 0 saturated carbocycles. The third-order valence-electron chi connectivity index (χ3n) is 8.18. The molecule has 2 aromatic heterocycles. The van der Waals surface area contributed by atoms with Gasteiger partial charge in [-0.15, -0.1) is 22.7 Å². The number of thiophene rings is 2. The van der Waals surface area contributed by atoms with Crippen molar-refractivity contribution in [1.82, 2.24) is 9.80 Å². The van der Waals surface area contributed by atoms with Crippen LogP contribution in [0.4, 0.5) is 0 Å². The minimum absolute atomic E-state index is 0.226. The van der Waals surface area contributed by atoms with E-state index in [0.29, 0.717) is 45.1 Å². The molecule has 6 nitrogen and oxygen atoms in total. The van der Waals surface area contributed by atoms with Gasteiger partial charge in [0.05, 0.1) is 32.0 Å². The van der Waals surface area contributed by atoms with Crippen molar-refractivity contribution in [3.63, 3.8) is 0 Å². The number of nitrogens with zero attached hydrogens (tertiary/aromatic N) is 2. The van der Waals surface area contributed by atoms with Crippen LogP contribution in [0.5, 0.6) is 0 Å². The number of rotatable bonds is 13. The fourth-order valence-electron chi connectivity index (χ4n) is 5.74. The fourth-order valence-corrected chi connectivity index (χ4v) is 8.16. The van der Waals surface area contributed by atoms with Gasteiger partial charge in [0, 0.05) is 13.1 Å². The summed E-state index contributed by atoms with van der Waals surface area (Å²) in [6, 6.07) is 0. The Morgan fingerprint density at radius 3 is 1.26 bits per heavy atom. The molecule has 0 fully saturated rings. The molecule has 0 aliphatic carbocycles. The Morgan fingerprint density at radius 1 is 0.605 bits per heavy atom. The van der Waals surface area contributed by atoms with Crippen LogP contribution in [0.2, 0.25) is 0 Å². The molecule has 0 spiro atoms. The van der Waals surface area contributed by atoms with E-state index in [0.717, 1.165) is 60.9 Å². The number of amides is 4. The molecule has 202 valence electrons. The van der Waals surface area contributed by atoms with Gasteiger partial charge in [-0.3, -0.25) is 29.0 Å². The first-order valence-corrected chi connectivity index (χ1v) is 15.8. The molecule has 0 radical (unpaired) electrons. The minimum Gasteiger partial charge on any atom is -0.274 e. The SMILES string of the molecule is Bc1sc(-c2sc(B)c3c2C(=O)N(CC(CC)CCCC)C3=O)c2c1C(=O)N(CC(CC)CCCC)C2=O. The third-order valence-corrected chi connectivity index (χ3v) is 10.6. The maximum absolute atomic E-state index is 13.7. The van der Waals surface area contributed by atoms with Crippen molar-refractivity contribution in [2.45, 2.75) is 79.1 Å². The lowest BCUT2D eigenvalue weighted by Crippen LogP contribution is -2.35. The normalized spacial score (nSPS) is 16.5. The number of fused-ring (bicyclic) bond motifs is 2. The zero-order valence-electron chi connectivity index (χ0n) is 23.6. The Balaban J connectivity index is 1.69. The summed E-state index contributed by atoms with van der Waals surface area (Å²) in [6.45, 7) is 9.36. The monoisotopic (exact) mass is 552 g/mol. The van der Waals surface area contributed by atoms with Crippen molar-refractivity contribution in [2.24, 2.45) is 11.8 Å². The van der Waals surface area contributed by atoms with E-state index in [1.807, 2.05) is 15.7 Å². The lowest BCUT2D eigenvalue weighted by atomic mass is 9.97. The summed E-state index contributed by atoms with van der Waals surface area (Å²) in [7, 11) is 3.74. The van der Waals surface area contributed by atoms with E-state index in [9.17, 15) is 19.2 Å². The highest BCUT2D eigenvalue weighted by atomic mass is 32.1. The lowest BCUT2D eigenvalue weighted by molar-refractivity contribution is 0.0609. The van der Waals surface area contributed by atoms with Crippen molar-refractivity contribution < 1.29 is 19.2 Å². The van der Waals surface area contributed by atoms with Gasteiger partial charge in [-0.1, -0.05) is 66.2 Å². The molecule has 2 aliphatic heterocycles. The molecule has 4 amide bonds. The highest BCUT2D eigenvalue weighted by Gasteiger charge is 2.46. The zero-order chi connectivity index (χ0) is 27.7. The second-order valence-corrected chi connectivity index (χ2v) is 13.2. The van der Waals surface area contributed by atoms with E-state index < -0.39 is 0 Å². The van der Waals surface area contributed by atoms with Crippen LogP contribution < -0.4 is 9.55 Å². The number of hydrogen-bond acceptors (Lipinski definition) is 6. The van der Waals surface area contributed by atoms with E-state index in [-0.39, 0.29) is 35.5 Å². The average Bonchev–Trinajstić information content (AvgIpc) is 3.57. The van der Waals surface area contributed by atoms with Crippen LogP contribution in [0.1, 0.15) is 120 Å². The van der Waals surface area contributed by atoms with Crippen molar-refractivity contribution in [2.75, 3.05) is 13.1 Å². The number of unbranched alkanes of at least 4 members (excludes halogenated alkanes) is 2. The Bertz CT molecular complexity index is 1170. The van der Waals surface area contributed by atoms with Crippen LogP contribution >= 0.6 is 22.7 Å². The van der Waals surface area contributed by atoms with E-state index >= 15 is 0 Å². The number of carbonyl (C=O) groups is 4. The molecule has 2 unspecified atom stereocenters. The van der Waals surface area contributed by atoms with Gasteiger partial charge >= 0.3 is 0 Å².